The van der Waals surface area contributed by atoms with Crippen LogP contribution in [0.15, 0.2) is 0 Å². The van der Waals surface area contributed by atoms with E-state index < -0.39 is 0 Å². The number of hydrogen-bond donors (Lipinski definition) is 0. The van der Waals surface area contributed by atoms with E-state index in [-0.39, 0.29) is 0 Å². The highest BCUT2D eigenvalue weighted by Crippen LogP contribution is 2.47. The first-order valence-electron chi connectivity index (χ1n) is 4.43. The molecule has 1 aliphatic carbocycles. The lowest BCUT2D eigenvalue weighted by Crippen LogP contribution is -2.03. The Bertz CT molecular complexity index is 130. The number of rotatable bonds is 2. The molecule has 1 heterocycles. The van der Waals surface area contributed by atoms with Gasteiger partial charge in [-0.15, -0.1) is 0 Å². The molecule has 2 aliphatic rings. The number of nitrogens with zero attached hydrogens (tertiary/aromatic N) is 1. The molecule has 58 valence electrons. The summed E-state index contributed by atoms with van der Waals surface area (Å²) in [6, 6.07) is 1.90. The van der Waals surface area contributed by atoms with Gasteiger partial charge in [-0.05, 0) is 31.7 Å². The van der Waals surface area contributed by atoms with Gasteiger partial charge in [0.1, 0.15) is 0 Å². The molecule has 0 amide bonds. The van der Waals surface area contributed by atoms with Gasteiger partial charge in [-0.3, -0.25) is 4.90 Å². The molecule has 0 spiro atoms. The van der Waals surface area contributed by atoms with Crippen LogP contribution in [0.25, 0.3) is 0 Å². The van der Waals surface area contributed by atoms with Crippen molar-refractivity contribution in [2.75, 3.05) is 7.05 Å². The molecule has 0 aromatic heterocycles. The van der Waals surface area contributed by atoms with Crippen LogP contribution in [0.5, 0.6) is 0 Å². The third-order valence-electron chi connectivity index (χ3n) is 2.99. The van der Waals surface area contributed by atoms with Crippen LogP contribution in [0.3, 0.4) is 0 Å². The van der Waals surface area contributed by atoms with Gasteiger partial charge in [0.25, 0.3) is 0 Å². The largest absolute Gasteiger partial charge is 0.297 e. The lowest BCUT2D eigenvalue weighted by Gasteiger charge is -1.98. The van der Waals surface area contributed by atoms with Crippen LogP contribution in [0, 0.1) is 11.8 Å². The standard InChI is InChI=1S/C9H17N/c1-6(2)8-9(10(8)3)7-4-5-7/h6-9H,4-5H2,1-3H3/t8?,9-,10?/m0/s1. The maximum absolute atomic E-state index is 2.54. The van der Waals surface area contributed by atoms with Crippen molar-refractivity contribution in [2.45, 2.75) is 38.8 Å². The van der Waals surface area contributed by atoms with Crippen molar-refractivity contribution in [3.8, 4) is 0 Å². The molecule has 2 rings (SSSR count). The van der Waals surface area contributed by atoms with Gasteiger partial charge in [0, 0.05) is 12.1 Å². The van der Waals surface area contributed by atoms with E-state index in [2.05, 4.69) is 25.8 Å². The first-order chi connectivity index (χ1) is 4.72. The van der Waals surface area contributed by atoms with Gasteiger partial charge in [-0.25, -0.2) is 0 Å². The monoisotopic (exact) mass is 139 g/mol. The van der Waals surface area contributed by atoms with Crippen LogP contribution in [-0.2, 0) is 0 Å². The minimum Gasteiger partial charge on any atom is -0.297 e. The third kappa shape index (κ3) is 0.878. The summed E-state index contributed by atoms with van der Waals surface area (Å²) in [5, 5.41) is 0. The van der Waals surface area contributed by atoms with E-state index in [0.29, 0.717) is 0 Å². The van der Waals surface area contributed by atoms with Crippen molar-refractivity contribution in [3.05, 3.63) is 0 Å². The van der Waals surface area contributed by atoms with Gasteiger partial charge in [0.2, 0.25) is 0 Å². The Hall–Kier alpha value is -0.0400. The normalized spacial score (nSPS) is 46.2. The molecule has 0 aromatic carbocycles. The smallest absolute Gasteiger partial charge is 0.0282 e. The summed E-state index contributed by atoms with van der Waals surface area (Å²) in [6.45, 7) is 4.67. The van der Waals surface area contributed by atoms with Crippen LogP contribution in [0.2, 0.25) is 0 Å². The van der Waals surface area contributed by atoms with E-state index in [4.69, 9.17) is 0 Å². The van der Waals surface area contributed by atoms with Crippen LogP contribution in [-0.4, -0.2) is 24.0 Å². The summed E-state index contributed by atoms with van der Waals surface area (Å²) in [6.07, 6.45) is 3.00. The molecule has 0 bridgehead atoms. The summed E-state index contributed by atoms with van der Waals surface area (Å²) >= 11 is 0. The zero-order chi connectivity index (χ0) is 7.30. The van der Waals surface area contributed by atoms with Crippen LogP contribution >= 0.6 is 0 Å². The number of likely N-dealkylation sites (N-methyl/N-ethyl adjacent to an activating group) is 1. The van der Waals surface area contributed by atoms with E-state index in [1.807, 2.05) is 0 Å². The van der Waals surface area contributed by atoms with Crippen molar-refractivity contribution >= 4 is 0 Å². The quantitative estimate of drug-likeness (QED) is 0.527. The lowest BCUT2D eigenvalue weighted by atomic mass is 10.1. The van der Waals surface area contributed by atoms with Gasteiger partial charge in [0.15, 0.2) is 0 Å². The summed E-state index contributed by atoms with van der Waals surface area (Å²) in [5.41, 5.74) is 0. The molecule has 1 heteroatoms. The third-order valence-corrected chi connectivity index (χ3v) is 2.99. The molecule has 3 atom stereocenters. The predicted octanol–water partition coefficient (Wildman–Crippen LogP) is 1.74. The molecular weight excluding hydrogens is 122 g/mol. The highest BCUT2D eigenvalue weighted by atomic mass is 15.3. The van der Waals surface area contributed by atoms with E-state index in [0.717, 1.165) is 23.9 Å². The zero-order valence-corrected chi connectivity index (χ0v) is 7.17. The Kier molecular flexibility index (Phi) is 1.31. The van der Waals surface area contributed by atoms with E-state index in [9.17, 15) is 0 Å². The molecule has 2 fully saturated rings. The summed E-state index contributed by atoms with van der Waals surface area (Å²) < 4.78 is 0. The molecule has 1 saturated heterocycles. The Morgan fingerprint density at radius 3 is 2.20 bits per heavy atom. The molecule has 1 saturated carbocycles. The fraction of sp³-hybridized carbons (Fsp3) is 1.00. The Morgan fingerprint density at radius 1 is 1.30 bits per heavy atom. The van der Waals surface area contributed by atoms with Crippen molar-refractivity contribution in [1.82, 2.24) is 4.90 Å². The average Bonchev–Trinajstić information content (AvgIpc) is 2.57. The molecule has 1 aliphatic heterocycles. The molecule has 2 unspecified atom stereocenters. The fourth-order valence-electron chi connectivity index (χ4n) is 2.30. The second-order valence-corrected chi connectivity index (χ2v) is 4.23. The van der Waals surface area contributed by atoms with Crippen LogP contribution < -0.4 is 0 Å². The van der Waals surface area contributed by atoms with Crippen molar-refractivity contribution in [2.24, 2.45) is 11.8 Å². The fourth-order valence-corrected chi connectivity index (χ4v) is 2.30. The molecule has 0 radical (unpaired) electrons. The topological polar surface area (TPSA) is 3.01 Å². The van der Waals surface area contributed by atoms with Gasteiger partial charge < -0.3 is 0 Å². The molecular formula is C9H17N. The van der Waals surface area contributed by atoms with Crippen molar-refractivity contribution < 1.29 is 0 Å². The van der Waals surface area contributed by atoms with E-state index in [1.54, 1.807) is 0 Å². The van der Waals surface area contributed by atoms with E-state index in [1.165, 1.54) is 12.8 Å². The average molecular weight is 139 g/mol. The molecule has 10 heavy (non-hydrogen) atoms. The highest BCUT2D eigenvalue weighted by molar-refractivity contribution is 5.08. The number of hydrogen-bond acceptors (Lipinski definition) is 1. The Labute approximate surface area is 63.4 Å². The summed E-state index contributed by atoms with van der Waals surface area (Å²) in [4.78, 5) is 2.54. The highest BCUT2D eigenvalue weighted by Gasteiger charge is 2.53. The van der Waals surface area contributed by atoms with Crippen molar-refractivity contribution in [3.63, 3.8) is 0 Å². The lowest BCUT2D eigenvalue weighted by molar-refractivity contribution is 0.501. The van der Waals surface area contributed by atoms with Gasteiger partial charge >= 0.3 is 0 Å². The van der Waals surface area contributed by atoms with Crippen molar-refractivity contribution in [1.29, 1.82) is 0 Å². The Balaban J connectivity index is 1.90. The first kappa shape index (κ1) is 6.66. The molecule has 1 nitrogen and oxygen atoms in total. The maximum Gasteiger partial charge on any atom is 0.0282 e. The summed E-state index contributed by atoms with van der Waals surface area (Å²) in [7, 11) is 2.27. The second kappa shape index (κ2) is 1.97. The molecule has 0 aromatic rings. The van der Waals surface area contributed by atoms with Gasteiger partial charge in [-0.2, -0.15) is 0 Å². The minimum atomic E-state index is 0.871. The Morgan fingerprint density at radius 2 is 1.90 bits per heavy atom. The van der Waals surface area contributed by atoms with Crippen LogP contribution in [0.4, 0.5) is 0 Å². The molecule has 0 N–H and O–H groups in total. The first-order valence-corrected chi connectivity index (χ1v) is 4.43. The van der Waals surface area contributed by atoms with Gasteiger partial charge in [0.05, 0.1) is 0 Å². The second-order valence-electron chi connectivity index (χ2n) is 4.23. The van der Waals surface area contributed by atoms with E-state index >= 15 is 0 Å². The predicted molar refractivity (Wildman–Crippen MR) is 42.9 cm³/mol. The van der Waals surface area contributed by atoms with Crippen LogP contribution in [0.1, 0.15) is 26.7 Å². The SMILES string of the molecule is CC(C)C1[C@H](C2CC2)N1C. The maximum atomic E-state index is 2.54. The minimum absolute atomic E-state index is 0.871. The summed E-state index contributed by atoms with van der Waals surface area (Å²) in [5.74, 6) is 1.95. The van der Waals surface area contributed by atoms with Gasteiger partial charge in [-0.1, -0.05) is 13.8 Å². The zero-order valence-electron chi connectivity index (χ0n) is 7.17.